The molecule has 2 aromatic carbocycles. The second-order valence-corrected chi connectivity index (χ2v) is 4.59. The Kier molecular flexibility index (Phi) is 3.50. The van der Waals surface area contributed by atoms with Gasteiger partial charge in [-0.3, -0.25) is 4.57 Å². The molecule has 1 N–H and O–H groups in total. The van der Waals surface area contributed by atoms with Crippen molar-refractivity contribution in [2.24, 2.45) is 0 Å². The van der Waals surface area contributed by atoms with Crippen LogP contribution < -0.4 is 5.32 Å². The molecule has 0 bridgehead atoms. The maximum atomic E-state index is 4.42. The molecule has 3 nitrogen and oxygen atoms in total. The Bertz CT molecular complexity index is 686. The van der Waals surface area contributed by atoms with Crippen LogP contribution >= 0.6 is 0 Å². The van der Waals surface area contributed by atoms with Gasteiger partial charge in [0.15, 0.2) is 0 Å². The lowest BCUT2D eigenvalue weighted by Gasteiger charge is -2.13. The highest BCUT2D eigenvalue weighted by Crippen LogP contribution is 2.21. The van der Waals surface area contributed by atoms with E-state index in [9.17, 15) is 0 Å². The number of aryl methyl sites for hydroxylation is 1. The van der Waals surface area contributed by atoms with E-state index >= 15 is 0 Å². The number of nitrogens with one attached hydrogen (secondary N) is 1. The molecule has 3 aromatic rings. The molecule has 0 radical (unpaired) electrons. The number of imidazole rings is 1. The molecule has 0 fully saturated rings. The summed E-state index contributed by atoms with van der Waals surface area (Å²) in [7, 11) is 0. The quantitative estimate of drug-likeness (QED) is 0.765. The molecule has 0 spiro atoms. The Balaban J connectivity index is 1.98. The number of rotatable bonds is 4. The van der Waals surface area contributed by atoms with Crippen molar-refractivity contribution in [1.82, 2.24) is 9.55 Å². The van der Waals surface area contributed by atoms with E-state index in [4.69, 9.17) is 0 Å². The first-order valence-electron chi connectivity index (χ1n) is 6.82. The highest BCUT2D eigenvalue weighted by molar-refractivity contribution is 5.56. The molecule has 0 aliphatic carbocycles. The Morgan fingerprint density at radius 1 is 1.00 bits per heavy atom. The fourth-order valence-electron chi connectivity index (χ4n) is 2.29. The summed E-state index contributed by atoms with van der Waals surface area (Å²) in [4.78, 5) is 4.42. The van der Waals surface area contributed by atoms with Crippen LogP contribution in [0.15, 0.2) is 67.0 Å². The van der Waals surface area contributed by atoms with Gasteiger partial charge in [-0.15, -0.1) is 0 Å². The summed E-state index contributed by atoms with van der Waals surface area (Å²) in [6.07, 6.45) is 4.80. The van der Waals surface area contributed by atoms with E-state index in [1.54, 1.807) is 0 Å². The average molecular weight is 263 g/mol. The highest BCUT2D eigenvalue weighted by Gasteiger charge is 2.08. The highest BCUT2D eigenvalue weighted by atomic mass is 15.2. The third-order valence-corrected chi connectivity index (χ3v) is 3.30. The van der Waals surface area contributed by atoms with Crippen molar-refractivity contribution < 1.29 is 0 Å². The lowest BCUT2D eigenvalue weighted by atomic mass is 10.1. The van der Waals surface area contributed by atoms with Crippen LogP contribution in [0.1, 0.15) is 12.5 Å². The third kappa shape index (κ3) is 2.43. The fourth-order valence-corrected chi connectivity index (χ4v) is 2.29. The minimum absolute atomic E-state index is 0.831. The summed E-state index contributed by atoms with van der Waals surface area (Å²) < 4.78 is 2.09. The van der Waals surface area contributed by atoms with Gasteiger partial charge in [0.1, 0.15) is 0 Å². The van der Waals surface area contributed by atoms with Gasteiger partial charge in [-0.05, 0) is 30.2 Å². The minimum Gasteiger partial charge on any atom is -0.325 e. The average Bonchev–Trinajstić information content (AvgIpc) is 2.96. The maximum absolute atomic E-state index is 4.42. The molecule has 20 heavy (non-hydrogen) atoms. The summed E-state index contributed by atoms with van der Waals surface area (Å²) in [5.41, 5.74) is 3.52. The summed E-state index contributed by atoms with van der Waals surface area (Å²) in [5, 5.41) is 3.35. The molecule has 1 aromatic heterocycles. The predicted molar refractivity (Wildman–Crippen MR) is 82.7 cm³/mol. The second kappa shape index (κ2) is 5.61. The Morgan fingerprint density at radius 2 is 1.75 bits per heavy atom. The topological polar surface area (TPSA) is 29.9 Å². The zero-order valence-electron chi connectivity index (χ0n) is 11.5. The molecule has 1 heterocycles. The van der Waals surface area contributed by atoms with Crippen LogP contribution in [-0.2, 0) is 6.42 Å². The van der Waals surface area contributed by atoms with Crippen molar-refractivity contribution in [3.63, 3.8) is 0 Å². The van der Waals surface area contributed by atoms with E-state index in [0.717, 1.165) is 18.1 Å². The lowest BCUT2D eigenvalue weighted by Crippen LogP contribution is -2.03. The Labute approximate surface area is 118 Å². The Morgan fingerprint density at radius 3 is 2.55 bits per heavy atom. The van der Waals surface area contributed by atoms with Gasteiger partial charge in [-0.1, -0.05) is 43.3 Å². The fraction of sp³-hybridized carbons (Fsp3) is 0.118. The molecule has 0 saturated heterocycles. The van der Waals surface area contributed by atoms with Gasteiger partial charge < -0.3 is 5.32 Å². The third-order valence-electron chi connectivity index (χ3n) is 3.30. The molecule has 0 amide bonds. The summed E-state index contributed by atoms with van der Waals surface area (Å²) in [5.74, 6) is 0.831. The summed E-state index contributed by atoms with van der Waals surface area (Å²) >= 11 is 0. The van der Waals surface area contributed by atoms with Gasteiger partial charge in [0.25, 0.3) is 0 Å². The van der Waals surface area contributed by atoms with Crippen molar-refractivity contribution in [2.75, 3.05) is 5.32 Å². The van der Waals surface area contributed by atoms with Crippen molar-refractivity contribution >= 4 is 11.6 Å². The number of para-hydroxylation sites is 2. The van der Waals surface area contributed by atoms with E-state index < -0.39 is 0 Å². The largest absolute Gasteiger partial charge is 0.325 e. The van der Waals surface area contributed by atoms with Gasteiger partial charge in [-0.2, -0.15) is 0 Å². The number of anilines is 2. The van der Waals surface area contributed by atoms with Gasteiger partial charge in [0, 0.05) is 18.1 Å². The molecule has 0 unspecified atom stereocenters. The minimum atomic E-state index is 0.831. The van der Waals surface area contributed by atoms with Crippen molar-refractivity contribution in [1.29, 1.82) is 0 Å². The van der Waals surface area contributed by atoms with E-state index in [0.29, 0.717) is 0 Å². The van der Waals surface area contributed by atoms with Gasteiger partial charge in [-0.25, -0.2) is 4.98 Å². The monoisotopic (exact) mass is 263 g/mol. The van der Waals surface area contributed by atoms with Crippen LogP contribution in [0.3, 0.4) is 0 Å². The van der Waals surface area contributed by atoms with Gasteiger partial charge >= 0.3 is 0 Å². The number of hydrogen-bond donors (Lipinski definition) is 1. The van der Waals surface area contributed by atoms with Crippen LogP contribution in [0.4, 0.5) is 11.6 Å². The normalized spacial score (nSPS) is 10.4. The predicted octanol–water partition coefficient (Wildman–Crippen LogP) is 4.18. The molecule has 100 valence electrons. The SMILES string of the molecule is CCc1ccccc1-n1ccnc1Nc1ccccc1. The first-order valence-corrected chi connectivity index (χ1v) is 6.82. The first-order chi connectivity index (χ1) is 9.88. The van der Waals surface area contributed by atoms with E-state index in [1.807, 2.05) is 42.7 Å². The molecular weight excluding hydrogens is 246 g/mol. The molecule has 3 heteroatoms. The van der Waals surface area contributed by atoms with Crippen molar-refractivity contribution in [3.8, 4) is 5.69 Å². The van der Waals surface area contributed by atoms with Crippen LogP contribution in [0.5, 0.6) is 0 Å². The summed E-state index contributed by atoms with van der Waals surface area (Å²) in [6, 6.07) is 18.5. The molecular formula is C17H17N3. The van der Waals surface area contributed by atoms with Crippen LogP contribution in [0.25, 0.3) is 5.69 Å². The van der Waals surface area contributed by atoms with Crippen molar-refractivity contribution in [3.05, 3.63) is 72.6 Å². The van der Waals surface area contributed by atoms with E-state index in [2.05, 4.69) is 46.1 Å². The van der Waals surface area contributed by atoms with Gasteiger partial charge in [0.05, 0.1) is 5.69 Å². The summed E-state index contributed by atoms with van der Waals surface area (Å²) in [6.45, 7) is 2.17. The number of hydrogen-bond acceptors (Lipinski definition) is 2. The van der Waals surface area contributed by atoms with Crippen LogP contribution in [-0.4, -0.2) is 9.55 Å². The zero-order valence-corrected chi connectivity index (χ0v) is 11.5. The number of aromatic nitrogens is 2. The molecule has 0 aliphatic heterocycles. The maximum Gasteiger partial charge on any atom is 0.212 e. The standard InChI is InChI=1S/C17H17N3/c1-2-14-8-6-7-11-16(14)20-13-12-18-17(20)19-15-9-4-3-5-10-15/h3-13H,2H2,1H3,(H,18,19). The van der Waals surface area contributed by atoms with E-state index in [-0.39, 0.29) is 0 Å². The lowest BCUT2D eigenvalue weighted by molar-refractivity contribution is 1.01. The number of benzene rings is 2. The first kappa shape index (κ1) is 12.5. The zero-order chi connectivity index (χ0) is 13.8. The molecule has 0 aliphatic rings. The molecule has 3 rings (SSSR count). The van der Waals surface area contributed by atoms with Crippen LogP contribution in [0, 0.1) is 0 Å². The Hall–Kier alpha value is -2.55. The smallest absolute Gasteiger partial charge is 0.212 e. The molecule has 0 atom stereocenters. The second-order valence-electron chi connectivity index (χ2n) is 4.59. The van der Waals surface area contributed by atoms with Crippen LogP contribution in [0.2, 0.25) is 0 Å². The molecule has 0 saturated carbocycles. The van der Waals surface area contributed by atoms with Crippen molar-refractivity contribution in [2.45, 2.75) is 13.3 Å². The number of nitrogens with zero attached hydrogens (tertiary/aromatic N) is 2. The van der Waals surface area contributed by atoms with E-state index in [1.165, 1.54) is 11.3 Å². The van der Waals surface area contributed by atoms with Gasteiger partial charge in [0.2, 0.25) is 5.95 Å².